The van der Waals surface area contributed by atoms with Crippen LogP contribution in [0.4, 0.5) is 13.2 Å². The number of hydrogen-bond donors (Lipinski definition) is 2. The second-order valence-corrected chi connectivity index (χ2v) is 4.07. The largest absolute Gasteiger partial charge is 0.397 e. The first-order chi connectivity index (χ1) is 8.28. The Morgan fingerprint density at radius 1 is 1.28 bits per heavy atom. The number of nitrogens with two attached hydrogens (primary N) is 1. The van der Waals surface area contributed by atoms with E-state index in [2.05, 4.69) is 5.32 Å². The van der Waals surface area contributed by atoms with Crippen LogP contribution in [0.15, 0.2) is 24.3 Å². The number of nitrogens with one attached hydrogen (secondary N) is 1. The highest BCUT2D eigenvalue weighted by Crippen LogP contribution is 2.18. The zero-order chi connectivity index (χ0) is 13.8. The number of halogens is 3. The Bertz CT molecular complexity index is 443. The highest BCUT2D eigenvalue weighted by Gasteiger charge is 2.30. The van der Waals surface area contributed by atoms with E-state index in [1.54, 1.807) is 24.3 Å². The zero-order valence-electron chi connectivity index (χ0n) is 9.25. The average molecular weight is 276 g/mol. The van der Waals surface area contributed by atoms with Crippen LogP contribution in [0.5, 0.6) is 0 Å². The molecule has 1 rings (SSSR count). The van der Waals surface area contributed by atoms with E-state index in [-0.39, 0.29) is 11.5 Å². The first-order valence-electron chi connectivity index (χ1n) is 5.00. The van der Waals surface area contributed by atoms with Gasteiger partial charge >= 0.3 is 6.18 Å². The van der Waals surface area contributed by atoms with Gasteiger partial charge in [0, 0.05) is 12.1 Å². The minimum absolute atomic E-state index is 0.0343. The Kier molecular flexibility index (Phi) is 4.66. The topological polar surface area (TPSA) is 55.1 Å². The van der Waals surface area contributed by atoms with E-state index in [1.807, 2.05) is 0 Å². The third kappa shape index (κ3) is 5.13. The molecule has 7 heteroatoms. The highest BCUT2D eigenvalue weighted by molar-refractivity contribution is 7.80. The van der Waals surface area contributed by atoms with Crippen LogP contribution in [-0.4, -0.2) is 17.1 Å². The van der Waals surface area contributed by atoms with Gasteiger partial charge in [-0.3, -0.25) is 4.79 Å². The molecule has 0 heterocycles. The standard InChI is InChI=1S/C11H11F3N2OS/c12-11(13,14)5-9(17)16-6-7-1-3-8(4-2-7)10(15)18/h1-4H,5-6H2,(H2,15,18)(H,16,17). The molecule has 0 spiro atoms. The summed E-state index contributed by atoms with van der Waals surface area (Å²) in [6, 6.07) is 6.58. The number of thiocarbonyl (C=S) groups is 1. The number of carbonyl (C=O) groups is 1. The van der Waals surface area contributed by atoms with Crippen LogP contribution in [-0.2, 0) is 11.3 Å². The summed E-state index contributed by atoms with van der Waals surface area (Å²) in [6.07, 6.45) is -5.96. The maximum Gasteiger partial charge on any atom is 0.397 e. The molecule has 98 valence electrons. The molecule has 0 aliphatic carbocycles. The van der Waals surface area contributed by atoms with Crippen molar-refractivity contribution in [3.8, 4) is 0 Å². The molecule has 0 saturated heterocycles. The van der Waals surface area contributed by atoms with E-state index >= 15 is 0 Å². The molecule has 0 fully saturated rings. The predicted octanol–water partition coefficient (Wildman–Crippen LogP) is 1.89. The van der Waals surface area contributed by atoms with Crippen molar-refractivity contribution in [3.63, 3.8) is 0 Å². The van der Waals surface area contributed by atoms with Crippen LogP contribution in [0.1, 0.15) is 17.5 Å². The fraction of sp³-hybridized carbons (Fsp3) is 0.273. The number of carbonyl (C=O) groups excluding carboxylic acids is 1. The van der Waals surface area contributed by atoms with Gasteiger partial charge in [0.25, 0.3) is 0 Å². The van der Waals surface area contributed by atoms with Crippen molar-refractivity contribution in [2.75, 3.05) is 0 Å². The smallest absolute Gasteiger partial charge is 0.389 e. The molecule has 0 aliphatic rings. The minimum Gasteiger partial charge on any atom is -0.389 e. The lowest BCUT2D eigenvalue weighted by Crippen LogP contribution is -2.28. The second kappa shape index (κ2) is 5.81. The van der Waals surface area contributed by atoms with Crippen molar-refractivity contribution in [3.05, 3.63) is 35.4 Å². The molecule has 1 amide bonds. The third-order valence-electron chi connectivity index (χ3n) is 2.09. The van der Waals surface area contributed by atoms with Gasteiger partial charge in [0.1, 0.15) is 11.4 Å². The number of benzene rings is 1. The molecule has 0 saturated carbocycles. The zero-order valence-corrected chi connectivity index (χ0v) is 10.1. The molecule has 0 unspecified atom stereocenters. The van der Waals surface area contributed by atoms with Crippen molar-refractivity contribution < 1.29 is 18.0 Å². The van der Waals surface area contributed by atoms with Crippen molar-refractivity contribution >= 4 is 23.1 Å². The molecule has 18 heavy (non-hydrogen) atoms. The normalized spacial score (nSPS) is 11.1. The molecule has 1 aromatic carbocycles. The quantitative estimate of drug-likeness (QED) is 0.826. The molecule has 0 bridgehead atoms. The lowest BCUT2D eigenvalue weighted by Gasteiger charge is -2.08. The van der Waals surface area contributed by atoms with E-state index < -0.39 is 18.5 Å². The fourth-order valence-corrected chi connectivity index (χ4v) is 1.37. The highest BCUT2D eigenvalue weighted by atomic mass is 32.1. The fourth-order valence-electron chi connectivity index (χ4n) is 1.23. The average Bonchev–Trinajstić information content (AvgIpc) is 2.24. The van der Waals surface area contributed by atoms with Crippen LogP contribution in [0.3, 0.4) is 0 Å². The number of hydrogen-bond acceptors (Lipinski definition) is 2. The van der Waals surface area contributed by atoms with Crippen LogP contribution in [0, 0.1) is 0 Å². The lowest BCUT2D eigenvalue weighted by atomic mass is 10.1. The van der Waals surface area contributed by atoms with Gasteiger partial charge < -0.3 is 11.1 Å². The van der Waals surface area contributed by atoms with Gasteiger partial charge in [-0.05, 0) is 5.56 Å². The van der Waals surface area contributed by atoms with E-state index in [1.165, 1.54) is 0 Å². The monoisotopic (exact) mass is 276 g/mol. The van der Waals surface area contributed by atoms with E-state index in [0.29, 0.717) is 11.1 Å². The molecular weight excluding hydrogens is 265 g/mol. The maximum absolute atomic E-state index is 11.9. The van der Waals surface area contributed by atoms with Gasteiger partial charge in [0.2, 0.25) is 5.91 Å². The Labute approximate surface area is 107 Å². The minimum atomic E-state index is -4.49. The summed E-state index contributed by atoms with van der Waals surface area (Å²) in [7, 11) is 0. The Hall–Kier alpha value is -1.63. The van der Waals surface area contributed by atoms with E-state index in [0.717, 1.165) is 0 Å². The van der Waals surface area contributed by atoms with Crippen LogP contribution in [0.2, 0.25) is 0 Å². The lowest BCUT2D eigenvalue weighted by molar-refractivity contribution is -0.153. The molecular formula is C11H11F3N2OS. The van der Waals surface area contributed by atoms with Gasteiger partial charge in [0.05, 0.1) is 0 Å². The van der Waals surface area contributed by atoms with E-state index in [4.69, 9.17) is 18.0 Å². The Morgan fingerprint density at radius 2 is 1.83 bits per heavy atom. The summed E-state index contributed by atoms with van der Waals surface area (Å²) in [5.74, 6) is -1.05. The molecule has 3 nitrogen and oxygen atoms in total. The third-order valence-corrected chi connectivity index (χ3v) is 2.32. The predicted molar refractivity (Wildman–Crippen MR) is 64.8 cm³/mol. The van der Waals surface area contributed by atoms with Crippen molar-refractivity contribution in [1.82, 2.24) is 5.32 Å². The molecule has 0 aliphatic heterocycles. The summed E-state index contributed by atoms with van der Waals surface area (Å²) >= 11 is 4.75. The van der Waals surface area contributed by atoms with E-state index in [9.17, 15) is 18.0 Å². The number of alkyl halides is 3. The summed E-state index contributed by atoms with van der Waals surface area (Å²) in [6.45, 7) is 0.0343. The van der Waals surface area contributed by atoms with Crippen molar-refractivity contribution in [2.24, 2.45) is 5.73 Å². The van der Waals surface area contributed by atoms with Gasteiger partial charge in [-0.2, -0.15) is 13.2 Å². The van der Waals surface area contributed by atoms with Gasteiger partial charge in [0.15, 0.2) is 0 Å². The van der Waals surface area contributed by atoms with Gasteiger partial charge in [-0.25, -0.2) is 0 Å². The summed E-state index contributed by atoms with van der Waals surface area (Å²) < 4.78 is 35.7. The Balaban J connectivity index is 2.49. The number of amides is 1. The van der Waals surface area contributed by atoms with Crippen LogP contribution < -0.4 is 11.1 Å². The molecule has 0 aromatic heterocycles. The van der Waals surface area contributed by atoms with Crippen LogP contribution >= 0.6 is 12.2 Å². The summed E-state index contributed by atoms with van der Waals surface area (Å²) in [5, 5.41) is 2.18. The molecule has 3 N–H and O–H groups in total. The van der Waals surface area contributed by atoms with Crippen molar-refractivity contribution in [1.29, 1.82) is 0 Å². The van der Waals surface area contributed by atoms with Crippen LogP contribution in [0.25, 0.3) is 0 Å². The molecule has 0 atom stereocenters. The maximum atomic E-state index is 11.9. The summed E-state index contributed by atoms with van der Waals surface area (Å²) in [4.78, 5) is 11.2. The first kappa shape index (κ1) is 14.4. The Morgan fingerprint density at radius 3 is 2.28 bits per heavy atom. The summed E-state index contributed by atoms with van der Waals surface area (Å²) in [5.41, 5.74) is 6.73. The SMILES string of the molecule is NC(=S)c1ccc(CNC(=O)CC(F)(F)F)cc1. The first-order valence-corrected chi connectivity index (χ1v) is 5.41. The van der Waals surface area contributed by atoms with Crippen molar-refractivity contribution in [2.45, 2.75) is 19.1 Å². The van der Waals surface area contributed by atoms with Gasteiger partial charge in [-0.1, -0.05) is 36.5 Å². The van der Waals surface area contributed by atoms with Gasteiger partial charge in [-0.15, -0.1) is 0 Å². The number of rotatable bonds is 4. The molecule has 0 radical (unpaired) electrons. The molecule has 1 aromatic rings. The second-order valence-electron chi connectivity index (χ2n) is 3.63.